The number of carbonyl (C=O) groups excluding carboxylic acids is 1. The molecule has 3 heterocycles. The summed E-state index contributed by atoms with van der Waals surface area (Å²) in [4.78, 5) is 18.2. The first-order chi connectivity index (χ1) is 18.5. The molecule has 2 atom stereocenters. The average molecular weight is 529 g/mol. The Morgan fingerprint density at radius 2 is 1.84 bits per heavy atom. The molecule has 2 aromatic rings. The van der Waals surface area contributed by atoms with Gasteiger partial charge in [-0.2, -0.15) is 0 Å². The van der Waals surface area contributed by atoms with Crippen LogP contribution in [0, 0.1) is 11.6 Å². The molecule has 206 valence electrons. The number of hydrogen-bond acceptors (Lipinski definition) is 6. The van der Waals surface area contributed by atoms with E-state index in [1.807, 2.05) is 18.2 Å². The van der Waals surface area contributed by atoms with E-state index < -0.39 is 11.6 Å². The van der Waals surface area contributed by atoms with E-state index in [1.165, 1.54) is 18.2 Å². The minimum absolute atomic E-state index is 0.0168. The highest BCUT2D eigenvalue weighted by Gasteiger charge is 2.41. The summed E-state index contributed by atoms with van der Waals surface area (Å²) in [6.45, 7) is 6.93. The molecular weight excluding hydrogens is 490 g/mol. The van der Waals surface area contributed by atoms with E-state index in [1.54, 1.807) is 0 Å². The Morgan fingerprint density at radius 1 is 1.08 bits per heavy atom. The molecule has 5 rings (SSSR count). The van der Waals surface area contributed by atoms with Crippen LogP contribution in [-0.2, 0) is 17.8 Å². The van der Waals surface area contributed by atoms with E-state index in [4.69, 9.17) is 9.47 Å². The number of likely N-dealkylation sites (tertiary alicyclic amines) is 2. The Hall–Kier alpha value is -2.75. The highest BCUT2D eigenvalue weighted by molar-refractivity contribution is 5.82. The van der Waals surface area contributed by atoms with E-state index in [9.17, 15) is 13.6 Å². The molecule has 2 N–H and O–H groups in total. The number of fused-ring (bicyclic) bond motifs is 1. The first-order valence-corrected chi connectivity index (χ1v) is 13.8. The maximum absolute atomic E-state index is 14.2. The smallest absolute Gasteiger partial charge is 0.237 e. The second-order valence-corrected chi connectivity index (χ2v) is 10.5. The Kier molecular flexibility index (Phi) is 8.76. The number of nitrogens with zero attached hydrogens (tertiary/aromatic N) is 2. The molecule has 9 heteroatoms. The molecular formula is C29H38F2N4O3. The SMILES string of the molecule is CCCN1CCC(N2C[C@@H](NCc3c(F)cccc3F)C[C@H]2C(=O)NCCc2ccc3c(c2)OCO3)CC1. The van der Waals surface area contributed by atoms with Gasteiger partial charge < -0.3 is 25.0 Å². The van der Waals surface area contributed by atoms with Crippen molar-refractivity contribution in [1.29, 1.82) is 0 Å². The van der Waals surface area contributed by atoms with E-state index in [-0.39, 0.29) is 36.9 Å². The number of piperidine rings is 1. The van der Waals surface area contributed by atoms with Gasteiger partial charge in [0, 0.05) is 37.3 Å². The third-order valence-corrected chi connectivity index (χ3v) is 7.99. The van der Waals surface area contributed by atoms with Gasteiger partial charge in [-0.1, -0.05) is 19.1 Å². The molecule has 7 nitrogen and oxygen atoms in total. The normalized spacial score (nSPS) is 22.2. The van der Waals surface area contributed by atoms with Crippen molar-refractivity contribution in [3.8, 4) is 11.5 Å². The summed E-state index contributed by atoms with van der Waals surface area (Å²) in [5.41, 5.74) is 1.12. The highest BCUT2D eigenvalue weighted by Crippen LogP contribution is 2.32. The van der Waals surface area contributed by atoms with Gasteiger partial charge in [0.25, 0.3) is 0 Å². The number of nitrogens with one attached hydrogen (secondary N) is 2. The summed E-state index contributed by atoms with van der Waals surface area (Å²) in [7, 11) is 0. The molecule has 0 aromatic heterocycles. The lowest BCUT2D eigenvalue weighted by atomic mass is 10.0. The third kappa shape index (κ3) is 6.27. The van der Waals surface area contributed by atoms with Crippen molar-refractivity contribution in [3.05, 3.63) is 59.2 Å². The van der Waals surface area contributed by atoms with Gasteiger partial charge >= 0.3 is 0 Å². The van der Waals surface area contributed by atoms with Crippen LogP contribution >= 0.6 is 0 Å². The van der Waals surface area contributed by atoms with Gasteiger partial charge in [-0.05, 0) is 81.6 Å². The number of ether oxygens (including phenoxy) is 2. The van der Waals surface area contributed by atoms with Gasteiger partial charge in [-0.3, -0.25) is 9.69 Å². The fourth-order valence-electron chi connectivity index (χ4n) is 5.95. The first-order valence-electron chi connectivity index (χ1n) is 13.8. The number of amides is 1. The van der Waals surface area contributed by atoms with Crippen LogP contribution in [0.5, 0.6) is 11.5 Å². The molecule has 0 bridgehead atoms. The lowest BCUT2D eigenvalue weighted by molar-refractivity contribution is -0.126. The van der Waals surface area contributed by atoms with Crippen molar-refractivity contribution < 1.29 is 23.0 Å². The average Bonchev–Trinajstić information content (AvgIpc) is 3.56. The van der Waals surface area contributed by atoms with Crippen LogP contribution in [0.15, 0.2) is 36.4 Å². The number of benzene rings is 2. The van der Waals surface area contributed by atoms with Gasteiger partial charge in [0.05, 0.1) is 6.04 Å². The van der Waals surface area contributed by atoms with Crippen molar-refractivity contribution in [3.63, 3.8) is 0 Å². The maximum Gasteiger partial charge on any atom is 0.237 e. The van der Waals surface area contributed by atoms with E-state index in [0.717, 1.165) is 56.0 Å². The molecule has 2 saturated heterocycles. The Balaban J connectivity index is 1.20. The lowest BCUT2D eigenvalue weighted by Crippen LogP contribution is -2.51. The van der Waals surface area contributed by atoms with Gasteiger partial charge in [0.2, 0.25) is 12.7 Å². The van der Waals surface area contributed by atoms with Crippen LogP contribution in [0.25, 0.3) is 0 Å². The van der Waals surface area contributed by atoms with Crippen LogP contribution in [0.3, 0.4) is 0 Å². The lowest BCUT2D eigenvalue weighted by Gasteiger charge is -2.39. The van der Waals surface area contributed by atoms with Crippen molar-refractivity contribution in [2.75, 3.05) is 39.5 Å². The second kappa shape index (κ2) is 12.4. The summed E-state index contributed by atoms with van der Waals surface area (Å²) in [6.07, 6.45) is 4.49. The largest absolute Gasteiger partial charge is 0.454 e. The van der Waals surface area contributed by atoms with E-state index in [0.29, 0.717) is 32.0 Å². The molecule has 0 aliphatic carbocycles. The molecule has 2 aromatic carbocycles. The monoisotopic (exact) mass is 528 g/mol. The molecule has 38 heavy (non-hydrogen) atoms. The Labute approximate surface area is 223 Å². The topological polar surface area (TPSA) is 66.1 Å². The summed E-state index contributed by atoms with van der Waals surface area (Å²) in [5.74, 6) is 0.411. The molecule has 2 fully saturated rings. The van der Waals surface area contributed by atoms with Crippen LogP contribution in [0.1, 0.15) is 43.7 Å². The molecule has 3 aliphatic heterocycles. The van der Waals surface area contributed by atoms with Crippen LogP contribution < -0.4 is 20.1 Å². The Bertz CT molecular complexity index is 1090. The summed E-state index contributed by atoms with van der Waals surface area (Å²) < 4.78 is 39.2. The zero-order valence-corrected chi connectivity index (χ0v) is 22.1. The van der Waals surface area contributed by atoms with Crippen LogP contribution in [-0.4, -0.2) is 73.3 Å². The maximum atomic E-state index is 14.2. The van der Waals surface area contributed by atoms with Crippen molar-refractivity contribution in [2.45, 2.75) is 63.7 Å². The van der Waals surface area contributed by atoms with Gasteiger partial charge in [0.1, 0.15) is 11.6 Å². The molecule has 1 amide bonds. The fourth-order valence-corrected chi connectivity index (χ4v) is 5.95. The van der Waals surface area contributed by atoms with Gasteiger partial charge in [-0.15, -0.1) is 0 Å². The zero-order chi connectivity index (χ0) is 26.5. The van der Waals surface area contributed by atoms with Gasteiger partial charge in [0.15, 0.2) is 11.5 Å². The molecule has 3 aliphatic rings. The molecule has 0 radical (unpaired) electrons. The van der Waals surface area contributed by atoms with Crippen LogP contribution in [0.2, 0.25) is 0 Å². The molecule has 0 saturated carbocycles. The van der Waals surface area contributed by atoms with E-state index in [2.05, 4.69) is 27.4 Å². The minimum atomic E-state index is -0.548. The molecule has 0 unspecified atom stereocenters. The fraction of sp³-hybridized carbons (Fsp3) is 0.552. The zero-order valence-electron chi connectivity index (χ0n) is 22.1. The summed E-state index contributed by atoms with van der Waals surface area (Å²) in [6, 6.07) is 9.83. The first kappa shape index (κ1) is 26.8. The van der Waals surface area contributed by atoms with Crippen LogP contribution in [0.4, 0.5) is 8.78 Å². The van der Waals surface area contributed by atoms with Gasteiger partial charge in [-0.25, -0.2) is 8.78 Å². The minimum Gasteiger partial charge on any atom is -0.454 e. The standard InChI is InChI=1S/C29H38F2N4O3/c1-2-12-34-13-9-22(10-14-34)35-18-21(33-17-23-24(30)4-3-5-25(23)31)16-26(35)29(36)32-11-8-20-6-7-27-28(15-20)38-19-37-27/h3-7,15,21-22,26,33H,2,8-14,16-19H2,1H3,(H,32,36)/t21-,26-/m0/s1. The number of hydrogen-bond donors (Lipinski definition) is 2. The number of carbonyl (C=O) groups is 1. The highest BCUT2D eigenvalue weighted by atomic mass is 19.1. The summed E-state index contributed by atoms with van der Waals surface area (Å²) >= 11 is 0. The number of halogens is 2. The van der Waals surface area contributed by atoms with E-state index >= 15 is 0 Å². The Morgan fingerprint density at radius 3 is 2.61 bits per heavy atom. The van der Waals surface area contributed by atoms with Crippen molar-refractivity contribution in [2.24, 2.45) is 0 Å². The summed E-state index contributed by atoms with van der Waals surface area (Å²) in [5, 5.41) is 6.47. The second-order valence-electron chi connectivity index (χ2n) is 10.5. The van der Waals surface area contributed by atoms with Crippen molar-refractivity contribution in [1.82, 2.24) is 20.4 Å². The number of rotatable bonds is 10. The predicted molar refractivity (Wildman–Crippen MR) is 141 cm³/mol. The quantitative estimate of drug-likeness (QED) is 0.493. The van der Waals surface area contributed by atoms with Crippen molar-refractivity contribution >= 4 is 5.91 Å². The third-order valence-electron chi connectivity index (χ3n) is 7.99. The molecule has 0 spiro atoms. The predicted octanol–water partition coefficient (Wildman–Crippen LogP) is 3.46.